The van der Waals surface area contributed by atoms with Crippen molar-refractivity contribution in [3.63, 3.8) is 0 Å². The van der Waals surface area contributed by atoms with Gasteiger partial charge >= 0.3 is 6.18 Å². The van der Waals surface area contributed by atoms with Crippen LogP contribution in [0.1, 0.15) is 5.56 Å². The van der Waals surface area contributed by atoms with Crippen molar-refractivity contribution in [3.05, 3.63) is 60.2 Å². The summed E-state index contributed by atoms with van der Waals surface area (Å²) in [6.45, 7) is 2.69. The van der Waals surface area contributed by atoms with Crippen molar-refractivity contribution in [2.24, 2.45) is 0 Å². The summed E-state index contributed by atoms with van der Waals surface area (Å²) in [5, 5.41) is 11.2. The molecule has 0 unspecified atom stereocenters. The molecule has 4 aromatic rings. The number of piperazine rings is 1. The van der Waals surface area contributed by atoms with E-state index in [1.54, 1.807) is 12.1 Å². The van der Waals surface area contributed by atoms with Crippen molar-refractivity contribution in [1.29, 1.82) is 0 Å². The monoisotopic (exact) mass is 471 g/mol. The molecule has 3 heterocycles. The van der Waals surface area contributed by atoms with E-state index in [9.17, 15) is 13.2 Å². The number of nitrogens with one attached hydrogen (secondary N) is 2. The van der Waals surface area contributed by atoms with Crippen LogP contribution in [0.15, 0.2) is 54.6 Å². The van der Waals surface area contributed by atoms with Crippen LogP contribution in [-0.2, 0) is 6.18 Å². The van der Waals surface area contributed by atoms with Crippen molar-refractivity contribution in [1.82, 2.24) is 24.5 Å². The molecule has 2 N–H and O–H groups in total. The van der Waals surface area contributed by atoms with Crippen molar-refractivity contribution >= 4 is 41.2 Å². The number of para-hydroxylation sites is 1. The Hall–Kier alpha value is -3.31. The number of aromatic amines is 1. The number of fused-ring (bicyclic) bond motifs is 1. The fraction of sp³-hybridized carbons (Fsp3) is 0.227. The van der Waals surface area contributed by atoms with E-state index in [0.29, 0.717) is 43.6 Å². The van der Waals surface area contributed by atoms with Crippen LogP contribution in [0.3, 0.4) is 0 Å². The standard InChI is InChI=1S/C22H20F3N7S/c23-22(24,25)16-7-3-1-5-14(16)20-26-18(13-19(28-20)31-9-11-32(33)12-10-31)27-21-15-6-2-4-8-17(15)29-30-21/h1-8,13,33H,9-12H2,(H2,26,27,28,29,30). The zero-order valence-electron chi connectivity index (χ0n) is 17.3. The van der Waals surface area contributed by atoms with Crippen LogP contribution in [0.25, 0.3) is 22.3 Å². The first-order valence-corrected chi connectivity index (χ1v) is 10.7. The summed E-state index contributed by atoms with van der Waals surface area (Å²) in [4.78, 5) is 11.0. The molecule has 11 heteroatoms. The molecule has 1 saturated heterocycles. The third kappa shape index (κ3) is 4.46. The molecule has 0 saturated carbocycles. The Morgan fingerprint density at radius 3 is 2.45 bits per heavy atom. The first kappa shape index (κ1) is 21.5. The largest absolute Gasteiger partial charge is 0.417 e. The lowest BCUT2D eigenvalue weighted by molar-refractivity contribution is -0.137. The minimum atomic E-state index is -4.53. The normalized spacial score (nSPS) is 15.2. The lowest BCUT2D eigenvalue weighted by Crippen LogP contribution is -2.42. The van der Waals surface area contributed by atoms with Gasteiger partial charge < -0.3 is 10.2 Å². The van der Waals surface area contributed by atoms with Crippen molar-refractivity contribution < 1.29 is 13.2 Å². The number of alkyl halides is 3. The van der Waals surface area contributed by atoms with Gasteiger partial charge in [0.2, 0.25) is 0 Å². The molecule has 0 atom stereocenters. The second kappa shape index (κ2) is 8.56. The van der Waals surface area contributed by atoms with E-state index in [4.69, 9.17) is 0 Å². The van der Waals surface area contributed by atoms with Gasteiger partial charge in [0.15, 0.2) is 11.6 Å². The molecule has 33 heavy (non-hydrogen) atoms. The van der Waals surface area contributed by atoms with Crippen LogP contribution in [0.2, 0.25) is 0 Å². The Balaban J connectivity index is 1.60. The van der Waals surface area contributed by atoms with Gasteiger partial charge in [-0.25, -0.2) is 14.3 Å². The molecule has 1 aliphatic heterocycles. The summed E-state index contributed by atoms with van der Waals surface area (Å²) in [5.74, 6) is 1.43. The van der Waals surface area contributed by atoms with E-state index < -0.39 is 11.7 Å². The number of benzene rings is 2. The molecule has 0 amide bonds. The van der Waals surface area contributed by atoms with Gasteiger partial charge in [-0.05, 0) is 18.2 Å². The maximum absolute atomic E-state index is 13.7. The summed E-state index contributed by atoms with van der Waals surface area (Å²) in [5.41, 5.74) is -0.0186. The minimum absolute atomic E-state index is 0.00364. The first-order valence-electron chi connectivity index (χ1n) is 10.3. The molecule has 1 fully saturated rings. The highest BCUT2D eigenvalue weighted by Crippen LogP contribution is 2.37. The summed E-state index contributed by atoms with van der Waals surface area (Å²) >= 11 is 4.38. The zero-order valence-corrected chi connectivity index (χ0v) is 18.2. The van der Waals surface area contributed by atoms with Crippen LogP contribution in [0.5, 0.6) is 0 Å². The highest BCUT2D eigenvalue weighted by molar-refractivity contribution is 7.77. The fourth-order valence-electron chi connectivity index (χ4n) is 3.81. The average Bonchev–Trinajstić information content (AvgIpc) is 3.21. The SMILES string of the molecule is FC(F)(F)c1ccccc1-c1nc(Nc2n[nH]c3ccccc23)cc(N2CCN(S)CC2)n1. The maximum Gasteiger partial charge on any atom is 0.417 e. The van der Waals surface area contributed by atoms with E-state index in [1.807, 2.05) is 33.5 Å². The summed E-state index contributed by atoms with van der Waals surface area (Å²) in [6.07, 6.45) is -4.53. The molecule has 170 valence electrons. The smallest absolute Gasteiger partial charge is 0.354 e. The summed E-state index contributed by atoms with van der Waals surface area (Å²) < 4.78 is 43.0. The molecular weight excluding hydrogens is 451 g/mol. The third-order valence-corrected chi connectivity index (χ3v) is 5.88. The van der Waals surface area contributed by atoms with Crippen molar-refractivity contribution in [2.45, 2.75) is 6.18 Å². The maximum atomic E-state index is 13.7. The van der Waals surface area contributed by atoms with Gasteiger partial charge in [0.05, 0.1) is 11.1 Å². The Labute approximate surface area is 193 Å². The summed E-state index contributed by atoms with van der Waals surface area (Å²) in [7, 11) is 0. The highest BCUT2D eigenvalue weighted by Gasteiger charge is 2.34. The van der Waals surface area contributed by atoms with Crippen LogP contribution >= 0.6 is 12.8 Å². The molecule has 2 aromatic heterocycles. The number of hydrogen-bond donors (Lipinski definition) is 3. The van der Waals surface area contributed by atoms with Gasteiger partial charge in [0.1, 0.15) is 11.6 Å². The minimum Gasteiger partial charge on any atom is -0.354 e. The highest BCUT2D eigenvalue weighted by atomic mass is 32.1. The van der Waals surface area contributed by atoms with Gasteiger partial charge in [0, 0.05) is 43.2 Å². The number of nitrogens with zero attached hydrogens (tertiary/aromatic N) is 5. The first-order chi connectivity index (χ1) is 15.9. The number of thiol groups is 1. The number of H-pyrrole nitrogens is 1. The van der Waals surface area contributed by atoms with Crippen LogP contribution in [0.4, 0.5) is 30.6 Å². The lowest BCUT2D eigenvalue weighted by Gasteiger charge is -2.32. The Morgan fingerprint density at radius 1 is 0.939 bits per heavy atom. The van der Waals surface area contributed by atoms with Gasteiger partial charge in [-0.1, -0.05) is 43.1 Å². The number of halogens is 3. The van der Waals surface area contributed by atoms with E-state index >= 15 is 0 Å². The molecule has 0 bridgehead atoms. The van der Waals surface area contributed by atoms with Crippen molar-refractivity contribution in [3.8, 4) is 11.4 Å². The molecular formula is C22H20F3N7S. The fourth-order valence-corrected chi connectivity index (χ4v) is 3.99. The van der Waals surface area contributed by atoms with Crippen molar-refractivity contribution in [2.75, 3.05) is 36.4 Å². The molecule has 5 rings (SSSR count). The lowest BCUT2D eigenvalue weighted by atomic mass is 10.1. The van der Waals surface area contributed by atoms with Crippen LogP contribution in [-0.4, -0.2) is 50.6 Å². The second-order valence-electron chi connectivity index (χ2n) is 7.66. The Morgan fingerprint density at radius 2 is 1.67 bits per heavy atom. The summed E-state index contributed by atoms with van der Waals surface area (Å²) in [6, 6.07) is 14.6. The average molecular weight is 472 g/mol. The molecule has 1 aliphatic rings. The van der Waals surface area contributed by atoms with Crippen LogP contribution < -0.4 is 10.2 Å². The number of aromatic nitrogens is 4. The number of hydrogen-bond acceptors (Lipinski definition) is 7. The van der Waals surface area contributed by atoms with Gasteiger partial charge in [-0.3, -0.25) is 5.10 Å². The quantitative estimate of drug-likeness (QED) is 0.373. The Bertz CT molecular complexity index is 1280. The molecule has 7 nitrogen and oxygen atoms in total. The van der Waals surface area contributed by atoms with E-state index in [2.05, 4.69) is 38.3 Å². The Kier molecular flexibility index (Phi) is 5.59. The third-order valence-electron chi connectivity index (χ3n) is 5.48. The predicted molar refractivity (Wildman–Crippen MR) is 125 cm³/mol. The predicted octanol–water partition coefficient (Wildman–Crippen LogP) is 4.75. The van der Waals surface area contributed by atoms with Gasteiger partial charge in [0.25, 0.3) is 0 Å². The number of anilines is 3. The number of rotatable bonds is 4. The molecule has 0 spiro atoms. The second-order valence-corrected chi connectivity index (χ2v) is 8.23. The molecule has 2 aromatic carbocycles. The zero-order chi connectivity index (χ0) is 23.0. The van der Waals surface area contributed by atoms with E-state index in [0.717, 1.165) is 17.0 Å². The van der Waals surface area contributed by atoms with Crippen LogP contribution in [0, 0.1) is 0 Å². The molecule has 0 aliphatic carbocycles. The molecule has 0 radical (unpaired) electrons. The van der Waals surface area contributed by atoms with E-state index in [-0.39, 0.29) is 11.4 Å². The van der Waals surface area contributed by atoms with E-state index in [1.165, 1.54) is 12.1 Å². The topological polar surface area (TPSA) is 73.0 Å². The van der Waals surface area contributed by atoms with Gasteiger partial charge in [-0.15, -0.1) is 0 Å². The van der Waals surface area contributed by atoms with Gasteiger partial charge in [-0.2, -0.15) is 18.3 Å².